The number of rotatable bonds is 8. The number of aliphatic hydroxyl groups excluding tert-OH is 1. The van der Waals surface area contributed by atoms with Gasteiger partial charge in [-0.1, -0.05) is 6.92 Å². The molecule has 0 aliphatic rings. The highest BCUT2D eigenvalue weighted by atomic mass is 32.1. The maximum Gasteiger partial charge on any atom is 0.251 e. The average Bonchev–Trinajstić information content (AvgIpc) is 2.99. The fraction of sp³-hybridized carbons (Fsp3) is 0.375. The summed E-state index contributed by atoms with van der Waals surface area (Å²) in [5.41, 5.74) is 1.47. The van der Waals surface area contributed by atoms with Crippen LogP contribution in [0.15, 0.2) is 29.6 Å². The molecule has 1 heterocycles. The SMILES string of the molecule is CCCc1nc(COc2ccc(C(=O)NCCO)cc2)cs1. The molecule has 0 atom stereocenters. The zero-order chi connectivity index (χ0) is 15.8. The zero-order valence-corrected chi connectivity index (χ0v) is 13.4. The molecule has 118 valence electrons. The van der Waals surface area contributed by atoms with E-state index in [-0.39, 0.29) is 19.1 Å². The number of amides is 1. The zero-order valence-electron chi connectivity index (χ0n) is 12.5. The van der Waals surface area contributed by atoms with Crippen molar-refractivity contribution < 1.29 is 14.6 Å². The Morgan fingerprint density at radius 3 is 2.82 bits per heavy atom. The van der Waals surface area contributed by atoms with Gasteiger partial charge in [0, 0.05) is 17.5 Å². The average molecular weight is 320 g/mol. The summed E-state index contributed by atoms with van der Waals surface area (Å²) in [6.07, 6.45) is 2.09. The summed E-state index contributed by atoms with van der Waals surface area (Å²) < 4.78 is 5.67. The van der Waals surface area contributed by atoms with E-state index in [2.05, 4.69) is 17.2 Å². The van der Waals surface area contributed by atoms with Crippen molar-refractivity contribution in [3.8, 4) is 5.75 Å². The van der Waals surface area contributed by atoms with E-state index < -0.39 is 0 Å². The number of benzene rings is 1. The molecule has 6 heteroatoms. The van der Waals surface area contributed by atoms with Crippen LogP contribution in [0.25, 0.3) is 0 Å². The number of carbonyl (C=O) groups is 1. The second-order valence-corrected chi connectivity index (χ2v) is 5.72. The summed E-state index contributed by atoms with van der Waals surface area (Å²) in [6, 6.07) is 6.91. The predicted octanol–water partition coefficient (Wildman–Crippen LogP) is 2.40. The van der Waals surface area contributed by atoms with Crippen LogP contribution in [-0.2, 0) is 13.0 Å². The number of aliphatic hydroxyl groups is 1. The second kappa shape index (κ2) is 8.51. The van der Waals surface area contributed by atoms with Gasteiger partial charge in [-0.15, -0.1) is 11.3 Å². The van der Waals surface area contributed by atoms with E-state index in [1.165, 1.54) is 0 Å². The van der Waals surface area contributed by atoms with E-state index in [1.54, 1.807) is 35.6 Å². The van der Waals surface area contributed by atoms with Crippen molar-refractivity contribution >= 4 is 17.2 Å². The van der Waals surface area contributed by atoms with Crippen LogP contribution in [0.2, 0.25) is 0 Å². The van der Waals surface area contributed by atoms with Gasteiger partial charge in [-0.05, 0) is 37.1 Å². The Hall–Kier alpha value is -1.92. The third-order valence-electron chi connectivity index (χ3n) is 2.96. The number of nitrogens with zero attached hydrogens (tertiary/aromatic N) is 1. The smallest absolute Gasteiger partial charge is 0.251 e. The van der Waals surface area contributed by atoms with Crippen LogP contribution >= 0.6 is 11.3 Å². The van der Waals surface area contributed by atoms with Gasteiger partial charge in [0.25, 0.3) is 5.91 Å². The van der Waals surface area contributed by atoms with Crippen molar-refractivity contribution in [3.05, 3.63) is 45.9 Å². The highest BCUT2D eigenvalue weighted by Gasteiger charge is 2.06. The maximum absolute atomic E-state index is 11.7. The molecule has 0 unspecified atom stereocenters. The number of aryl methyl sites for hydroxylation is 1. The van der Waals surface area contributed by atoms with Crippen molar-refractivity contribution in [3.63, 3.8) is 0 Å². The van der Waals surface area contributed by atoms with Crippen molar-refractivity contribution in [2.45, 2.75) is 26.4 Å². The summed E-state index contributed by atoms with van der Waals surface area (Å²) in [5, 5.41) is 14.4. The van der Waals surface area contributed by atoms with Crippen LogP contribution in [-0.4, -0.2) is 29.1 Å². The molecule has 1 aromatic heterocycles. The minimum absolute atomic E-state index is 0.0689. The minimum Gasteiger partial charge on any atom is -0.487 e. The molecule has 0 bridgehead atoms. The number of ether oxygens (including phenoxy) is 1. The summed E-state index contributed by atoms with van der Waals surface area (Å²) in [6.45, 7) is 2.74. The molecule has 0 saturated carbocycles. The molecule has 22 heavy (non-hydrogen) atoms. The van der Waals surface area contributed by atoms with Gasteiger partial charge in [0.2, 0.25) is 0 Å². The number of hydrogen-bond donors (Lipinski definition) is 2. The molecule has 1 aromatic carbocycles. The number of thiazole rings is 1. The Morgan fingerprint density at radius 2 is 2.14 bits per heavy atom. The van der Waals surface area contributed by atoms with E-state index in [1.807, 2.05) is 5.38 Å². The van der Waals surface area contributed by atoms with Crippen LogP contribution < -0.4 is 10.1 Å². The van der Waals surface area contributed by atoms with Gasteiger partial charge in [0.05, 0.1) is 17.3 Å². The number of aromatic nitrogens is 1. The summed E-state index contributed by atoms with van der Waals surface area (Å²) in [5.74, 6) is 0.494. The lowest BCUT2D eigenvalue weighted by molar-refractivity contribution is 0.0944. The Labute approximate surface area is 134 Å². The van der Waals surface area contributed by atoms with Gasteiger partial charge in [-0.25, -0.2) is 4.98 Å². The van der Waals surface area contributed by atoms with Crippen molar-refractivity contribution in [2.24, 2.45) is 0 Å². The Bertz CT molecular complexity index is 596. The van der Waals surface area contributed by atoms with Crippen molar-refractivity contribution in [1.29, 1.82) is 0 Å². The van der Waals surface area contributed by atoms with E-state index >= 15 is 0 Å². The summed E-state index contributed by atoms with van der Waals surface area (Å²) in [7, 11) is 0. The Kier molecular flexibility index (Phi) is 6.36. The lowest BCUT2D eigenvalue weighted by Crippen LogP contribution is -2.26. The van der Waals surface area contributed by atoms with E-state index in [9.17, 15) is 4.79 Å². The third kappa shape index (κ3) is 4.82. The van der Waals surface area contributed by atoms with Gasteiger partial charge in [-0.2, -0.15) is 0 Å². The first-order chi connectivity index (χ1) is 10.7. The highest BCUT2D eigenvalue weighted by Crippen LogP contribution is 2.16. The largest absolute Gasteiger partial charge is 0.487 e. The monoisotopic (exact) mass is 320 g/mol. The quantitative estimate of drug-likeness (QED) is 0.783. The molecule has 2 rings (SSSR count). The Balaban J connectivity index is 1.86. The van der Waals surface area contributed by atoms with Crippen molar-refractivity contribution in [2.75, 3.05) is 13.2 Å². The van der Waals surface area contributed by atoms with Gasteiger partial charge < -0.3 is 15.2 Å². The Morgan fingerprint density at radius 1 is 1.36 bits per heavy atom. The first-order valence-corrected chi connectivity index (χ1v) is 8.16. The molecule has 0 saturated heterocycles. The second-order valence-electron chi connectivity index (χ2n) is 4.78. The first-order valence-electron chi connectivity index (χ1n) is 7.28. The van der Waals surface area contributed by atoms with E-state index in [0.29, 0.717) is 17.9 Å². The van der Waals surface area contributed by atoms with Crippen LogP contribution in [0, 0.1) is 0 Å². The minimum atomic E-state index is -0.204. The fourth-order valence-corrected chi connectivity index (χ4v) is 2.76. The van der Waals surface area contributed by atoms with Gasteiger partial charge in [0.15, 0.2) is 0 Å². The summed E-state index contributed by atoms with van der Waals surface area (Å²) >= 11 is 1.66. The molecule has 0 spiro atoms. The molecular weight excluding hydrogens is 300 g/mol. The molecule has 1 amide bonds. The molecule has 0 fully saturated rings. The van der Waals surface area contributed by atoms with E-state index in [0.717, 1.165) is 23.5 Å². The standard InChI is InChI=1S/C16H20N2O3S/c1-2-3-15-18-13(11-22-15)10-21-14-6-4-12(5-7-14)16(20)17-8-9-19/h4-7,11,19H,2-3,8-10H2,1H3,(H,17,20). The van der Waals surface area contributed by atoms with Gasteiger partial charge in [0.1, 0.15) is 12.4 Å². The van der Waals surface area contributed by atoms with Crippen molar-refractivity contribution in [1.82, 2.24) is 10.3 Å². The molecule has 0 aliphatic carbocycles. The maximum atomic E-state index is 11.7. The predicted molar refractivity (Wildman–Crippen MR) is 86.3 cm³/mol. The molecule has 5 nitrogen and oxygen atoms in total. The lowest BCUT2D eigenvalue weighted by atomic mass is 10.2. The number of carbonyl (C=O) groups excluding carboxylic acids is 1. The molecule has 0 radical (unpaired) electrons. The van der Waals surface area contributed by atoms with E-state index in [4.69, 9.17) is 9.84 Å². The van der Waals surface area contributed by atoms with Gasteiger partial charge >= 0.3 is 0 Å². The van der Waals surface area contributed by atoms with Gasteiger partial charge in [-0.3, -0.25) is 4.79 Å². The number of hydrogen-bond acceptors (Lipinski definition) is 5. The lowest BCUT2D eigenvalue weighted by Gasteiger charge is -2.06. The van der Waals surface area contributed by atoms with Crippen LogP contribution in [0.3, 0.4) is 0 Å². The van der Waals surface area contributed by atoms with Crippen LogP contribution in [0.1, 0.15) is 34.4 Å². The fourth-order valence-electron chi connectivity index (χ4n) is 1.88. The first kappa shape index (κ1) is 16.5. The normalized spacial score (nSPS) is 10.5. The molecule has 0 aliphatic heterocycles. The highest BCUT2D eigenvalue weighted by molar-refractivity contribution is 7.09. The molecule has 2 N–H and O–H groups in total. The molecular formula is C16H20N2O3S. The van der Waals surface area contributed by atoms with Crippen LogP contribution in [0.5, 0.6) is 5.75 Å². The van der Waals surface area contributed by atoms with Crippen LogP contribution in [0.4, 0.5) is 0 Å². The number of nitrogens with one attached hydrogen (secondary N) is 1. The summed E-state index contributed by atoms with van der Waals surface area (Å²) in [4.78, 5) is 16.2. The molecule has 2 aromatic rings. The topological polar surface area (TPSA) is 71.5 Å². The third-order valence-corrected chi connectivity index (χ3v) is 3.92.